The quantitative estimate of drug-likeness (QED) is 0.708. The highest BCUT2D eigenvalue weighted by Crippen LogP contribution is 2.35. The number of nitrogens with one attached hydrogen (secondary N) is 1. The van der Waals surface area contributed by atoms with Gasteiger partial charge >= 0.3 is 0 Å². The van der Waals surface area contributed by atoms with Crippen molar-refractivity contribution in [3.05, 3.63) is 68.5 Å². The van der Waals surface area contributed by atoms with Crippen LogP contribution in [0.1, 0.15) is 11.1 Å². The van der Waals surface area contributed by atoms with E-state index in [-0.39, 0.29) is 11.4 Å². The SMILES string of the molecule is Cc1cccc(NC(=O)CN2C(=O)S/C(=C/c3c(Cl)cccc3Cl)C2=O)c1. The van der Waals surface area contributed by atoms with Gasteiger partial charge in [-0.2, -0.15) is 0 Å². The van der Waals surface area contributed by atoms with Crippen LogP contribution in [0.5, 0.6) is 0 Å². The summed E-state index contributed by atoms with van der Waals surface area (Å²) in [5.41, 5.74) is 2.04. The van der Waals surface area contributed by atoms with E-state index in [1.54, 1.807) is 36.4 Å². The number of benzene rings is 2. The zero-order valence-corrected chi connectivity index (χ0v) is 16.5. The molecule has 27 heavy (non-hydrogen) atoms. The molecule has 1 saturated heterocycles. The van der Waals surface area contributed by atoms with Crippen LogP contribution in [0.15, 0.2) is 47.4 Å². The van der Waals surface area contributed by atoms with Gasteiger partial charge in [0.05, 0.1) is 4.91 Å². The van der Waals surface area contributed by atoms with Crippen LogP contribution >= 0.6 is 35.0 Å². The zero-order chi connectivity index (χ0) is 19.6. The Hall–Kier alpha value is -2.28. The Kier molecular flexibility index (Phi) is 5.89. The molecule has 0 aromatic heterocycles. The second kappa shape index (κ2) is 8.17. The topological polar surface area (TPSA) is 66.5 Å². The van der Waals surface area contributed by atoms with Crippen molar-refractivity contribution in [3.63, 3.8) is 0 Å². The van der Waals surface area contributed by atoms with Gasteiger partial charge in [-0.05, 0) is 54.6 Å². The predicted octanol–water partition coefficient (Wildman–Crippen LogP) is 4.98. The van der Waals surface area contributed by atoms with Crippen LogP contribution in [0, 0.1) is 6.92 Å². The molecule has 1 fully saturated rings. The number of hydrogen-bond acceptors (Lipinski definition) is 4. The molecular formula is C19H14Cl2N2O3S. The van der Waals surface area contributed by atoms with E-state index >= 15 is 0 Å². The Bertz CT molecular complexity index is 955. The van der Waals surface area contributed by atoms with E-state index in [0.29, 0.717) is 21.3 Å². The molecule has 0 unspecified atom stereocenters. The largest absolute Gasteiger partial charge is 0.325 e. The minimum Gasteiger partial charge on any atom is -0.325 e. The Morgan fingerprint density at radius 1 is 1.15 bits per heavy atom. The van der Waals surface area contributed by atoms with Crippen LogP contribution in [0.2, 0.25) is 10.0 Å². The number of carbonyl (C=O) groups excluding carboxylic acids is 3. The summed E-state index contributed by atoms with van der Waals surface area (Å²) < 4.78 is 0. The maximum absolute atomic E-state index is 12.5. The summed E-state index contributed by atoms with van der Waals surface area (Å²) in [7, 11) is 0. The maximum Gasteiger partial charge on any atom is 0.294 e. The molecule has 1 heterocycles. The molecule has 3 rings (SSSR count). The van der Waals surface area contributed by atoms with Gasteiger partial charge in [-0.1, -0.05) is 41.4 Å². The molecule has 0 saturated carbocycles. The molecule has 1 aliphatic heterocycles. The first-order valence-electron chi connectivity index (χ1n) is 7.91. The number of hydrogen-bond donors (Lipinski definition) is 1. The van der Waals surface area contributed by atoms with E-state index in [9.17, 15) is 14.4 Å². The monoisotopic (exact) mass is 420 g/mol. The smallest absolute Gasteiger partial charge is 0.294 e. The molecule has 0 radical (unpaired) electrons. The average molecular weight is 421 g/mol. The second-order valence-electron chi connectivity index (χ2n) is 5.82. The van der Waals surface area contributed by atoms with Crippen molar-refractivity contribution >= 4 is 63.8 Å². The van der Waals surface area contributed by atoms with Crippen LogP contribution in [0.3, 0.4) is 0 Å². The molecule has 0 spiro atoms. The maximum atomic E-state index is 12.5. The lowest BCUT2D eigenvalue weighted by Gasteiger charge is -2.12. The Balaban J connectivity index is 1.74. The van der Waals surface area contributed by atoms with Crippen LogP contribution in [0.25, 0.3) is 6.08 Å². The standard InChI is InChI=1S/C19H14Cl2N2O3S/c1-11-4-2-5-12(8-11)22-17(24)10-23-18(25)16(27-19(23)26)9-13-14(20)6-3-7-15(13)21/h2-9H,10H2,1H3,(H,22,24)/b16-9+. The van der Waals surface area contributed by atoms with Crippen LogP contribution in [0.4, 0.5) is 10.5 Å². The summed E-state index contributed by atoms with van der Waals surface area (Å²) >= 11 is 13.0. The van der Waals surface area contributed by atoms with Gasteiger partial charge in [0.1, 0.15) is 6.54 Å². The van der Waals surface area contributed by atoms with Gasteiger partial charge in [0.2, 0.25) is 5.91 Å². The molecule has 3 amide bonds. The molecule has 2 aromatic rings. The lowest BCUT2D eigenvalue weighted by atomic mass is 10.2. The van der Waals surface area contributed by atoms with E-state index in [2.05, 4.69) is 5.32 Å². The number of halogens is 2. The highest BCUT2D eigenvalue weighted by molar-refractivity contribution is 8.18. The fourth-order valence-corrected chi connectivity index (χ4v) is 3.81. The number of amides is 3. The van der Waals surface area contributed by atoms with Crippen molar-refractivity contribution in [1.82, 2.24) is 4.90 Å². The summed E-state index contributed by atoms with van der Waals surface area (Å²) in [6.07, 6.45) is 1.47. The normalized spacial score (nSPS) is 15.5. The van der Waals surface area contributed by atoms with E-state index in [1.807, 2.05) is 13.0 Å². The summed E-state index contributed by atoms with van der Waals surface area (Å²) in [4.78, 5) is 38.0. The molecule has 1 aliphatic rings. The van der Waals surface area contributed by atoms with Crippen LogP contribution < -0.4 is 5.32 Å². The van der Waals surface area contributed by atoms with Gasteiger partial charge in [0.25, 0.3) is 11.1 Å². The number of aryl methyl sites for hydroxylation is 1. The zero-order valence-electron chi connectivity index (χ0n) is 14.2. The highest BCUT2D eigenvalue weighted by atomic mass is 35.5. The van der Waals surface area contributed by atoms with Crippen molar-refractivity contribution in [2.24, 2.45) is 0 Å². The fourth-order valence-electron chi connectivity index (χ4n) is 2.48. The van der Waals surface area contributed by atoms with Gasteiger partial charge in [0.15, 0.2) is 0 Å². The summed E-state index contributed by atoms with van der Waals surface area (Å²) in [6.45, 7) is 1.53. The number of anilines is 1. The van der Waals surface area contributed by atoms with Crippen LogP contribution in [-0.4, -0.2) is 28.5 Å². The molecule has 0 atom stereocenters. The average Bonchev–Trinajstić information content (AvgIpc) is 2.86. The number of rotatable bonds is 4. The summed E-state index contributed by atoms with van der Waals surface area (Å²) in [6, 6.07) is 12.2. The summed E-state index contributed by atoms with van der Waals surface area (Å²) in [5, 5.41) is 2.89. The van der Waals surface area contributed by atoms with Gasteiger partial charge < -0.3 is 5.32 Å². The van der Waals surface area contributed by atoms with Crippen molar-refractivity contribution in [3.8, 4) is 0 Å². The number of thioether (sulfide) groups is 1. The van der Waals surface area contributed by atoms with Gasteiger partial charge in [0, 0.05) is 21.3 Å². The molecule has 138 valence electrons. The van der Waals surface area contributed by atoms with Crippen molar-refractivity contribution < 1.29 is 14.4 Å². The van der Waals surface area contributed by atoms with Gasteiger partial charge in [-0.15, -0.1) is 0 Å². The van der Waals surface area contributed by atoms with Crippen molar-refractivity contribution in [1.29, 1.82) is 0 Å². The molecule has 1 N–H and O–H groups in total. The third kappa shape index (κ3) is 4.53. The fraction of sp³-hybridized carbons (Fsp3) is 0.105. The Morgan fingerprint density at radius 2 is 1.81 bits per heavy atom. The Morgan fingerprint density at radius 3 is 2.48 bits per heavy atom. The Labute approximate surface area is 170 Å². The van der Waals surface area contributed by atoms with Gasteiger partial charge in [-0.3, -0.25) is 19.3 Å². The van der Waals surface area contributed by atoms with E-state index in [4.69, 9.17) is 23.2 Å². The van der Waals surface area contributed by atoms with Gasteiger partial charge in [-0.25, -0.2) is 0 Å². The molecule has 5 nitrogen and oxygen atoms in total. The molecule has 0 aliphatic carbocycles. The number of imide groups is 1. The molecule has 2 aromatic carbocycles. The number of nitrogens with zero attached hydrogens (tertiary/aromatic N) is 1. The van der Waals surface area contributed by atoms with E-state index in [0.717, 1.165) is 22.2 Å². The minimum atomic E-state index is -0.555. The number of carbonyl (C=O) groups is 3. The minimum absolute atomic E-state index is 0.165. The van der Waals surface area contributed by atoms with Crippen LogP contribution in [-0.2, 0) is 9.59 Å². The van der Waals surface area contributed by atoms with E-state index < -0.39 is 17.1 Å². The first-order valence-corrected chi connectivity index (χ1v) is 9.48. The predicted molar refractivity (Wildman–Crippen MR) is 109 cm³/mol. The third-order valence-corrected chi connectivity index (χ3v) is 5.32. The van der Waals surface area contributed by atoms with E-state index in [1.165, 1.54) is 6.08 Å². The van der Waals surface area contributed by atoms with Crippen molar-refractivity contribution in [2.75, 3.05) is 11.9 Å². The van der Waals surface area contributed by atoms with Crippen molar-refractivity contribution in [2.45, 2.75) is 6.92 Å². The first kappa shape index (κ1) is 19.5. The summed E-state index contributed by atoms with van der Waals surface area (Å²) in [5.74, 6) is -1.01. The second-order valence-corrected chi connectivity index (χ2v) is 7.63. The first-order chi connectivity index (χ1) is 12.8. The lowest BCUT2D eigenvalue weighted by molar-refractivity contribution is -0.127. The lowest BCUT2D eigenvalue weighted by Crippen LogP contribution is -2.36. The molecular weight excluding hydrogens is 407 g/mol. The molecule has 8 heteroatoms. The molecule has 0 bridgehead atoms. The third-order valence-electron chi connectivity index (χ3n) is 3.75. The highest BCUT2D eigenvalue weighted by Gasteiger charge is 2.36.